The van der Waals surface area contributed by atoms with Crippen LogP contribution in [0.5, 0.6) is 5.75 Å². The van der Waals surface area contributed by atoms with Crippen LogP contribution in [0.25, 0.3) is 22.0 Å². The van der Waals surface area contributed by atoms with E-state index in [0.29, 0.717) is 52.0 Å². The first kappa shape index (κ1) is 28.2. The van der Waals surface area contributed by atoms with Gasteiger partial charge in [0, 0.05) is 23.3 Å². The number of anilines is 1. The van der Waals surface area contributed by atoms with E-state index in [-0.39, 0.29) is 6.61 Å². The number of halogens is 4. The minimum Gasteiger partial charge on any atom is -0.490 e. The van der Waals surface area contributed by atoms with E-state index in [9.17, 15) is 27.5 Å². The molecule has 0 amide bonds. The van der Waals surface area contributed by atoms with Crippen LogP contribution in [-0.2, 0) is 11.0 Å². The van der Waals surface area contributed by atoms with Crippen molar-refractivity contribution >= 4 is 22.7 Å². The molecule has 0 unspecified atom stereocenters. The Morgan fingerprint density at radius 1 is 1.02 bits per heavy atom. The molecular formula is C29H27F4N5O3. The van der Waals surface area contributed by atoms with E-state index in [0.717, 1.165) is 31.7 Å². The van der Waals surface area contributed by atoms with Crippen molar-refractivity contribution in [3.05, 3.63) is 72.3 Å². The summed E-state index contributed by atoms with van der Waals surface area (Å²) >= 11 is 0. The number of nitrogens with one attached hydrogen (secondary N) is 1. The number of hydrogen-bond acceptors (Lipinski definition) is 7. The van der Waals surface area contributed by atoms with Gasteiger partial charge in [-0.25, -0.2) is 24.3 Å². The van der Waals surface area contributed by atoms with Crippen molar-refractivity contribution in [3.63, 3.8) is 0 Å². The number of benzene rings is 2. The van der Waals surface area contributed by atoms with Crippen LogP contribution in [0.2, 0.25) is 0 Å². The maximum atomic E-state index is 13.7. The number of carboxylic acid groups (broad SMARTS) is 1. The molecule has 41 heavy (non-hydrogen) atoms. The molecule has 0 aliphatic heterocycles. The molecule has 1 saturated carbocycles. The lowest BCUT2D eigenvalue weighted by atomic mass is 9.75. The molecule has 12 heteroatoms. The quantitative estimate of drug-likeness (QED) is 0.222. The topological polar surface area (TPSA) is 110 Å². The summed E-state index contributed by atoms with van der Waals surface area (Å²) in [5.41, 5.74) is 1.14. The molecule has 0 bridgehead atoms. The third-order valence-corrected chi connectivity index (χ3v) is 7.43. The Balaban J connectivity index is 1.53. The molecule has 2 N–H and O–H groups in total. The van der Waals surface area contributed by atoms with Crippen LogP contribution in [0, 0.1) is 11.2 Å². The molecular weight excluding hydrogens is 542 g/mol. The number of alkyl halides is 3. The second-order valence-electron chi connectivity index (χ2n) is 10.2. The fraction of sp³-hybridized carbons (Fsp3) is 0.345. The van der Waals surface area contributed by atoms with E-state index in [1.165, 1.54) is 18.5 Å². The molecule has 1 atom stereocenters. The van der Waals surface area contributed by atoms with Gasteiger partial charge < -0.3 is 15.2 Å². The van der Waals surface area contributed by atoms with Gasteiger partial charge in [0.15, 0.2) is 0 Å². The van der Waals surface area contributed by atoms with Gasteiger partial charge in [0.1, 0.15) is 41.3 Å². The highest BCUT2D eigenvalue weighted by molar-refractivity contribution is 5.96. The lowest BCUT2D eigenvalue weighted by molar-refractivity contribution is -0.153. The van der Waals surface area contributed by atoms with Crippen molar-refractivity contribution in [1.82, 2.24) is 19.9 Å². The molecule has 1 fully saturated rings. The number of ether oxygens (including phenoxy) is 1. The predicted molar refractivity (Wildman–Crippen MR) is 143 cm³/mol. The predicted octanol–water partition coefficient (Wildman–Crippen LogP) is 6.83. The maximum Gasteiger partial charge on any atom is 0.451 e. The number of nitrogens with zero attached hydrogens (tertiary/aromatic N) is 4. The number of carbonyl (C=O) groups is 1. The first-order chi connectivity index (χ1) is 19.6. The largest absolute Gasteiger partial charge is 0.490 e. The van der Waals surface area contributed by atoms with Crippen molar-refractivity contribution < 1.29 is 32.2 Å². The normalized spacial score (nSPS) is 15.8. The fourth-order valence-corrected chi connectivity index (χ4v) is 5.03. The minimum atomic E-state index is -4.65. The van der Waals surface area contributed by atoms with Crippen LogP contribution in [0.4, 0.5) is 23.4 Å². The smallest absolute Gasteiger partial charge is 0.451 e. The fourth-order valence-electron chi connectivity index (χ4n) is 5.03. The van der Waals surface area contributed by atoms with Gasteiger partial charge >= 0.3 is 12.1 Å². The molecule has 0 saturated heterocycles. The number of aromatic nitrogens is 4. The van der Waals surface area contributed by atoms with Gasteiger partial charge in [0.2, 0.25) is 5.82 Å². The van der Waals surface area contributed by atoms with Gasteiger partial charge in [-0.15, -0.1) is 0 Å². The van der Waals surface area contributed by atoms with Gasteiger partial charge in [0.05, 0.1) is 6.04 Å². The maximum absolute atomic E-state index is 13.7. The standard InChI is InChI=1S/C29H27F4N5O3/c1-17(20-13-34-26(35-14-20)29(31,32)33)38-25-22-11-19(18-5-7-21(30)8-6-18)12-23(24(22)36-16-37-25)41-15-28(27(39)40)9-3-2-4-10-28/h5-8,11-14,16-17H,2-4,9-10,15H2,1H3,(H,39,40)(H,36,37,38)/t17-/m1/s1. The molecule has 2 heterocycles. The molecule has 1 aliphatic rings. The van der Waals surface area contributed by atoms with Crippen LogP contribution < -0.4 is 10.1 Å². The van der Waals surface area contributed by atoms with E-state index >= 15 is 0 Å². The van der Waals surface area contributed by atoms with Gasteiger partial charge in [-0.2, -0.15) is 13.2 Å². The van der Waals surface area contributed by atoms with Gasteiger partial charge in [-0.1, -0.05) is 31.4 Å². The number of aliphatic carboxylic acids is 1. The summed E-state index contributed by atoms with van der Waals surface area (Å²) in [6, 6.07) is 8.87. The van der Waals surface area contributed by atoms with Crippen LogP contribution >= 0.6 is 0 Å². The SMILES string of the molecule is C[C@@H](Nc1ncnc2c(OCC3(C(=O)O)CCCCC3)cc(-c3ccc(F)cc3)cc12)c1cnc(C(F)(F)F)nc1. The van der Waals surface area contributed by atoms with Gasteiger partial charge in [0.25, 0.3) is 0 Å². The Hall–Kier alpha value is -4.35. The van der Waals surface area contributed by atoms with Crippen LogP contribution in [0.15, 0.2) is 55.1 Å². The minimum absolute atomic E-state index is 0.0453. The molecule has 1 aliphatic carbocycles. The highest BCUT2D eigenvalue weighted by atomic mass is 19.4. The summed E-state index contributed by atoms with van der Waals surface area (Å²) in [7, 11) is 0. The average Bonchev–Trinajstić information content (AvgIpc) is 2.96. The number of carboxylic acids is 1. The summed E-state index contributed by atoms with van der Waals surface area (Å²) < 4.78 is 58.6. The summed E-state index contributed by atoms with van der Waals surface area (Å²) in [5, 5.41) is 13.7. The number of rotatable bonds is 8. The zero-order valence-electron chi connectivity index (χ0n) is 22.1. The summed E-state index contributed by atoms with van der Waals surface area (Å²) in [6.07, 6.45) is 2.46. The van der Waals surface area contributed by atoms with E-state index in [4.69, 9.17) is 4.74 Å². The number of fused-ring (bicyclic) bond motifs is 1. The Morgan fingerprint density at radius 2 is 1.71 bits per heavy atom. The molecule has 8 nitrogen and oxygen atoms in total. The van der Waals surface area contributed by atoms with Gasteiger partial charge in [-0.05, 0) is 55.2 Å². The lowest BCUT2D eigenvalue weighted by Gasteiger charge is -2.32. The Bertz CT molecular complexity index is 1540. The first-order valence-electron chi connectivity index (χ1n) is 13.1. The molecule has 0 radical (unpaired) electrons. The first-order valence-corrected chi connectivity index (χ1v) is 13.1. The average molecular weight is 570 g/mol. The van der Waals surface area contributed by atoms with Gasteiger partial charge in [-0.3, -0.25) is 4.79 Å². The van der Waals surface area contributed by atoms with Crippen LogP contribution in [0.3, 0.4) is 0 Å². The van der Waals surface area contributed by atoms with Crippen molar-refractivity contribution in [3.8, 4) is 16.9 Å². The lowest BCUT2D eigenvalue weighted by Crippen LogP contribution is -2.39. The van der Waals surface area contributed by atoms with Crippen molar-refractivity contribution in [1.29, 1.82) is 0 Å². The Labute approximate surface area is 232 Å². The molecule has 4 aromatic rings. The Morgan fingerprint density at radius 3 is 2.34 bits per heavy atom. The van der Waals surface area contributed by atoms with Crippen molar-refractivity contribution in [2.45, 2.75) is 51.2 Å². The van der Waals surface area contributed by atoms with E-state index in [2.05, 4.69) is 25.3 Å². The third-order valence-electron chi connectivity index (χ3n) is 7.43. The monoisotopic (exact) mass is 569 g/mol. The molecule has 214 valence electrons. The van der Waals surface area contributed by atoms with E-state index in [1.54, 1.807) is 31.2 Å². The summed E-state index contributed by atoms with van der Waals surface area (Å²) in [6.45, 7) is 1.68. The zero-order valence-corrected chi connectivity index (χ0v) is 22.1. The van der Waals surface area contributed by atoms with Crippen molar-refractivity contribution in [2.24, 2.45) is 5.41 Å². The zero-order chi connectivity index (χ0) is 29.2. The molecule has 2 aromatic carbocycles. The highest BCUT2D eigenvalue weighted by Gasteiger charge is 2.41. The second kappa shape index (κ2) is 11.3. The van der Waals surface area contributed by atoms with E-state index < -0.39 is 35.2 Å². The summed E-state index contributed by atoms with van der Waals surface area (Å²) in [5.74, 6) is -1.83. The van der Waals surface area contributed by atoms with E-state index in [1.807, 2.05) is 0 Å². The van der Waals surface area contributed by atoms with Crippen molar-refractivity contribution in [2.75, 3.05) is 11.9 Å². The van der Waals surface area contributed by atoms with Crippen LogP contribution in [-0.4, -0.2) is 37.6 Å². The molecule has 0 spiro atoms. The Kier molecular flexibility index (Phi) is 7.74. The van der Waals surface area contributed by atoms with Crippen LogP contribution in [0.1, 0.15) is 56.5 Å². The highest BCUT2D eigenvalue weighted by Crippen LogP contribution is 2.40. The third kappa shape index (κ3) is 6.06. The number of hydrogen-bond donors (Lipinski definition) is 2. The second-order valence-corrected chi connectivity index (χ2v) is 10.2. The summed E-state index contributed by atoms with van der Waals surface area (Å²) in [4.78, 5) is 27.9. The molecule has 2 aromatic heterocycles. The molecule has 5 rings (SSSR count).